The third-order valence-electron chi connectivity index (χ3n) is 16.0. The molecule has 5 amide bonds. The highest BCUT2D eigenvalue weighted by Crippen LogP contribution is 2.64. The molecule has 438 valence electrons. The minimum Gasteiger partial charge on any atom is -0.457 e. The Morgan fingerprint density at radius 1 is 0.937 bits per heavy atom. The van der Waals surface area contributed by atoms with E-state index in [1.165, 1.54) is 74.4 Å². The number of Topliss-reactive ketones (excluding diaryl/α,β-unsaturated/α-hetero) is 1. The van der Waals surface area contributed by atoms with Crippen LogP contribution in [-0.4, -0.2) is 181 Å². The molecule has 0 aromatic heterocycles. The van der Waals surface area contributed by atoms with Gasteiger partial charge < -0.3 is 70.1 Å². The summed E-state index contributed by atoms with van der Waals surface area (Å²) in [5.41, 5.74) is -5.72. The van der Waals surface area contributed by atoms with E-state index in [1.54, 1.807) is 39.0 Å². The number of amides is 5. The van der Waals surface area contributed by atoms with Gasteiger partial charge in [-0.05, 0) is 90.9 Å². The van der Waals surface area contributed by atoms with Gasteiger partial charge in [0.25, 0.3) is 5.91 Å². The van der Waals surface area contributed by atoms with E-state index in [0.717, 1.165) is 11.8 Å². The van der Waals surface area contributed by atoms with E-state index < -0.39 is 180 Å². The molecule has 1 aromatic carbocycles. The molecular weight excluding hydrogens is 1030 g/mol. The topological polar surface area (TPSA) is 346 Å². The van der Waals surface area contributed by atoms with Crippen molar-refractivity contribution in [3.63, 3.8) is 0 Å². The van der Waals surface area contributed by atoms with Crippen molar-refractivity contribution in [3.05, 3.63) is 47.0 Å². The van der Waals surface area contributed by atoms with E-state index in [-0.39, 0.29) is 42.5 Å². The van der Waals surface area contributed by atoms with Crippen molar-refractivity contribution < 1.29 is 92.0 Å². The van der Waals surface area contributed by atoms with Gasteiger partial charge in [0.05, 0.1) is 43.2 Å². The lowest BCUT2D eigenvalue weighted by Gasteiger charge is -2.67. The zero-order valence-electron chi connectivity index (χ0n) is 47.3. The fourth-order valence-corrected chi connectivity index (χ4v) is 12.2. The van der Waals surface area contributed by atoms with Crippen LogP contribution < -0.4 is 16.4 Å². The van der Waals surface area contributed by atoms with Crippen LogP contribution in [-0.2, 0) is 62.0 Å². The minimum absolute atomic E-state index is 0.00656. The number of carbonyl (C=O) groups is 9. The van der Waals surface area contributed by atoms with Crippen LogP contribution in [0.3, 0.4) is 0 Å². The van der Waals surface area contributed by atoms with Crippen LogP contribution in [0.15, 0.2) is 41.5 Å². The van der Waals surface area contributed by atoms with Gasteiger partial charge in [0.15, 0.2) is 17.5 Å². The average molecular weight is 1110 g/mol. The van der Waals surface area contributed by atoms with E-state index in [2.05, 4.69) is 10.6 Å². The number of fused-ring (bicyclic) bond motifs is 5. The molecule has 5 aliphatic rings. The van der Waals surface area contributed by atoms with Gasteiger partial charge in [-0.3, -0.25) is 24.0 Å². The minimum atomic E-state index is -2.69. The van der Waals surface area contributed by atoms with Gasteiger partial charge >= 0.3 is 30.1 Å². The Hall–Kier alpha value is -6.05. The van der Waals surface area contributed by atoms with Gasteiger partial charge in [0.1, 0.15) is 53.3 Å². The second-order valence-electron chi connectivity index (χ2n) is 24.3. The normalized spacial score (nSPS) is 30.3. The lowest BCUT2D eigenvalue weighted by atomic mass is 9.44. The third kappa shape index (κ3) is 11.9. The number of benzene rings is 1. The number of alkyl carbamates (subject to hydrolysis) is 1. The van der Waals surface area contributed by atoms with Crippen LogP contribution in [0.25, 0.3) is 0 Å². The Kier molecular flexibility index (Phi) is 18.0. The Balaban J connectivity index is 1.53. The summed E-state index contributed by atoms with van der Waals surface area (Å²) in [5.74, 6) is -10.1. The number of nitrogens with zero attached hydrogens (tertiary/aromatic N) is 2. The number of ether oxygens (including phenoxy) is 6. The predicted molar refractivity (Wildman–Crippen MR) is 276 cm³/mol. The number of hydrogen-bond acceptors (Lipinski definition) is 20. The first-order valence-corrected chi connectivity index (χ1v) is 26.6. The Labute approximate surface area is 459 Å². The van der Waals surface area contributed by atoms with Gasteiger partial charge in [0, 0.05) is 31.7 Å². The van der Waals surface area contributed by atoms with Crippen molar-refractivity contribution in [1.29, 1.82) is 0 Å². The molecule has 0 spiro atoms. The summed E-state index contributed by atoms with van der Waals surface area (Å²) in [6, 6.07) is 3.06. The van der Waals surface area contributed by atoms with Crippen molar-refractivity contribution >= 4 is 53.6 Å². The molecule has 2 saturated carbocycles. The van der Waals surface area contributed by atoms with E-state index in [0.29, 0.717) is 4.90 Å². The highest BCUT2D eigenvalue weighted by atomic mass is 16.6. The highest BCUT2D eigenvalue weighted by molar-refractivity contribution is 6.01. The predicted octanol–water partition coefficient (Wildman–Crippen LogP) is 1.80. The lowest BCUT2D eigenvalue weighted by Crippen LogP contribution is -2.82. The maximum Gasteiger partial charge on any atom is 0.417 e. The largest absolute Gasteiger partial charge is 0.457 e. The van der Waals surface area contributed by atoms with E-state index in [4.69, 9.17) is 34.2 Å². The molecule has 8 N–H and O–H groups in total. The number of aliphatic hydroxyl groups is 4. The number of likely N-dealkylation sites (tertiary alicyclic amines) is 1. The molecule has 4 fully saturated rings. The smallest absolute Gasteiger partial charge is 0.417 e. The van der Waals surface area contributed by atoms with Gasteiger partial charge in [-0.1, -0.05) is 58.0 Å². The summed E-state index contributed by atoms with van der Waals surface area (Å²) in [5, 5.41) is 55.6. The average Bonchev–Trinajstić information content (AvgIpc) is 3.45. The molecule has 79 heavy (non-hydrogen) atoms. The summed E-state index contributed by atoms with van der Waals surface area (Å²) in [4.78, 5) is 129. The molecule has 2 unspecified atom stereocenters. The zero-order chi connectivity index (χ0) is 59.3. The molecule has 2 heterocycles. The van der Waals surface area contributed by atoms with Crippen molar-refractivity contribution in [3.8, 4) is 0 Å². The molecular formula is C55H79N5O19. The maximum atomic E-state index is 15.8. The van der Waals surface area contributed by atoms with E-state index in [9.17, 15) is 49.2 Å². The van der Waals surface area contributed by atoms with Gasteiger partial charge in [0.2, 0.25) is 11.8 Å². The summed E-state index contributed by atoms with van der Waals surface area (Å²) >= 11 is 0. The third-order valence-corrected chi connectivity index (χ3v) is 16.0. The Bertz CT molecular complexity index is 2590. The molecule has 2 saturated heterocycles. The number of ketones is 1. The molecule has 2 bridgehead atoms. The van der Waals surface area contributed by atoms with Crippen molar-refractivity contribution in [2.75, 3.05) is 26.2 Å². The van der Waals surface area contributed by atoms with Gasteiger partial charge in [-0.15, -0.1) is 0 Å². The number of nitrogens with one attached hydrogen (secondary N) is 2. The molecule has 24 heteroatoms. The van der Waals surface area contributed by atoms with Crippen LogP contribution in [0.5, 0.6) is 0 Å². The number of hydrogen-bond donors (Lipinski definition) is 7. The second kappa shape index (κ2) is 22.8. The maximum absolute atomic E-state index is 15.8. The fraction of sp³-hybridized carbons (Fsp3) is 0.691. The quantitative estimate of drug-likeness (QED) is 0.0793. The zero-order valence-corrected chi connectivity index (χ0v) is 47.3. The monoisotopic (exact) mass is 1110 g/mol. The van der Waals surface area contributed by atoms with E-state index >= 15 is 14.4 Å². The van der Waals surface area contributed by atoms with Crippen molar-refractivity contribution in [2.24, 2.45) is 28.4 Å². The Morgan fingerprint density at radius 2 is 1.56 bits per heavy atom. The van der Waals surface area contributed by atoms with Crippen molar-refractivity contribution in [2.45, 2.75) is 193 Å². The van der Waals surface area contributed by atoms with Crippen LogP contribution >= 0.6 is 0 Å². The number of carbonyl (C=O) groups excluding carboxylic acids is 9. The van der Waals surface area contributed by atoms with Crippen molar-refractivity contribution in [1.82, 2.24) is 20.4 Å². The first-order valence-electron chi connectivity index (χ1n) is 26.6. The van der Waals surface area contributed by atoms with Crippen LogP contribution in [0.2, 0.25) is 0 Å². The highest BCUT2D eigenvalue weighted by Gasteiger charge is 2.78. The summed E-state index contributed by atoms with van der Waals surface area (Å²) in [6.07, 6.45) is -14.4. The number of imide groups is 1. The fourth-order valence-electron chi connectivity index (χ4n) is 12.2. The first-order chi connectivity index (χ1) is 36.5. The SMILES string of the molecule is CC(=O)O[C@@]12COC1C[C@H](O)[C@@]1(C)C(=O)[C@H](O)C3=C(C)[C@@H](OC(=O)[C@H](O)[C@@H](NC(=O)OC(C)(C)C)c4ccccc4)C[C@@](O)([C@@H](OC(=O)[C@H](C(C)C)N(C(=O)OC(C)(C)C)C(=O)[C@@H]4CCCN4C(=O)CNC(=O)CN)C21)C3(C)C. The van der Waals surface area contributed by atoms with E-state index in [1.807, 2.05) is 0 Å². The lowest BCUT2D eigenvalue weighted by molar-refractivity contribution is -0.347. The number of nitrogens with two attached hydrogens (primary N) is 1. The molecule has 13 atom stereocenters. The molecule has 0 radical (unpaired) electrons. The summed E-state index contributed by atoms with van der Waals surface area (Å²) in [6.45, 7) is 17.5. The summed E-state index contributed by atoms with van der Waals surface area (Å²) < 4.78 is 35.9. The number of esters is 3. The molecule has 3 aliphatic carbocycles. The van der Waals surface area contributed by atoms with Crippen LogP contribution in [0.1, 0.15) is 127 Å². The molecule has 6 rings (SSSR count). The van der Waals surface area contributed by atoms with Gasteiger partial charge in [-0.25, -0.2) is 24.1 Å². The van der Waals surface area contributed by atoms with Crippen LogP contribution in [0, 0.1) is 22.7 Å². The van der Waals surface area contributed by atoms with Crippen LogP contribution in [0.4, 0.5) is 9.59 Å². The number of rotatable bonds is 14. The molecule has 2 aliphatic heterocycles. The molecule has 24 nitrogen and oxygen atoms in total. The summed E-state index contributed by atoms with van der Waals surface area (Å²) in [7, 11) is 0. The van der Waals surface area contributed by atoms with Gasteiger partial charge in [-0.2, -0.15) is 0 Å². The number of aliphatic hydroxyl groups excluding tert-OH is 3. The standard InChI is InChI=1S/C55H79N5O19/c1-27(2)39(60(49(72)79-51(8,9)10)45(68)31-20-17-21-59(31)36(64)25-57-35(63)24-56)46(69)76-44-42-53(13,33(62)22-34-54(42,26-74-34)77-29(4)61)43(67)40(65)37-28(3)32(23-55(44,73)52(37,11)12)75-47(70)41(66)38(30-18-15-14-16-19-30)58-48(71)78-50(5,6)7/h14-16,18-19,27,31-34,38-42,44,62,65-66,73H,17,20-26,56H2,1-13H3,(H,57,63)(H,58,71)/t31-,32-,33-,34?,38-,39-,40+,41+,42?,44-,53+,54-,55+/m0/s1. The second-order valence-corrected chi connectivity index (χ2v) is 24.3. The molecule has 1 aromatic rings. The Morgan fingerprint density at radius 3 is 2.10 bits per heavy atom. The first kappa shape index (κ1) is 62.2.